The number of nitrogens with zero attached hydrogens (tertiary/aromatic N) is 1. The molecule has 0 aliphatic rings. The first-order valence-corrected chi connectivity index (χ1v) is 6.37. The predicted molar refractivity (Wildman–Crippen MR) is 81.5 cm³/mol. The summed E-state index contributed by atoms with van der Waals surface area (Å²) in [5.41, 5.74) is 7.05. The number of nitrogen functional groups attached to an aromatic ring is 1. The molecule has 0 radical (unpaired) electrons. The zero-order chi connectivity index (χ0) is 15.4. The highest BCUT2D eigenvalue weighted by atomic mass is 35.5. The van der Waals surface area contributed by atoms with Gasteiger partial charge in [-0.3, -0.25) is 4.79 Å². The van der Waals surface area contributed by atoms with Gasteiger partial charge in [-0.05, 0) is 30.3 Å². The van der Waals surface area contributed by atoms with Gasteiger partial charge in [-0.2, -0.15) is 5.26 Å². The van der Waals surface area contributed by atoms with Crippen LogP contribution < -0.4 is 15.8 Å². The molecular weight excluding hydrogens is 290 g/mol. The van der Waals surface area contributed by atoms with Crippen LogP contribution in [0.1, 0.15) is 15.9 Å². The minimum absolute atomic E-state index is 0.285. The number of benzene rings is 2. The maximum atomic E-state index is 12.2. The quantitative estimate of drug-likeness (QED) is 0.853. The highest BCUT2D eigenvalue weighted by Crippen LogP contribution is 2.24. The average Bonchev–Trinajstić information content (AvgIpc) is 2.47. The third-order valence-electron chi connectivity index (χ3n) is 2.85. The normalized spacial score (nSPS) is 9.76. The van der Waals surface area contributed by atoms with Crippen molar-refractivity contribution in [1.82, 2.24) is 0 Å². The SMILES string of the molecule is COc1ccc(C(=O)Nc2cc(Cl)ccc2C#N)c(N)c1. The molecule has 3 N–H and O–H groups in total. The third-order valence-corrected chi connectivity index (χ3v) is 3.09. The molecule has 5 nitrogen and oxygen atoms in total. The zero-order valence-corrected chi connectivity index (χ0v) is 11.9. The van der Waals surface area contributed by atoms with Gasteiger partial charge in [0.05, 0.1) is 23.9 Å². The second-order valence-electron chi connectivity index (χ2n) is 4.21. The first-order valence-electron chi connectivity index (χ1n) is 5.99. The molecule has 2 rings (SSSR count). The van der Waals surface area contributed by atoms with Crippen LogP contribution in [0.2, 0.25) is 5.02 Å². The molecule has 0 heterocycles. The average molecular weight is 302 g/mol. The number of rotatable bonds is 3. The van der Waals surface area contributed by atoms with Crippen LogP contribution in [0.25, 0.3) is 0 Å². The molecule has 0 aromatic heterocycles. The minimum atomic E-state index is -0.422. The van der Waals surface area contributed by atoms with Crippen LogP contribution >= 0.6 is 11.6 Å². The Morgan fingerprint density at radius 2 is 2.10 bits per heavy atom. The number of hydrogen-bond acceptors (Lipinski definition) is 4. The first kappa shape index (κ1) is 14.7. The molecule has 106 valence electrons. The predicted octanol–water partition coefficient (Wildman–Crippen LogP) is 3.05. The molecule has 0 saturated heterocycles. The molecule has 0 saturated carbocycles. The van der Waals surface area contributed by atoms with Crippen LogP contribution in [0.3, 0.4) is 0 Å². The van der Waals surface area contributed by atoms with Gasteiger partial charge in [-0.15, -0.1) is 0 Å². The summed E-state index contributed by atoms with van der Waals surface area (Å²) in [6.07, 6.45) is 0. The van der Waals surface area contributed by atoms with Crippen LogP contribution in [0, 0.1) is 11.3 Å². The number of anilines is 2. The zero-order valence-electron chi connectivity index (χ0n) is 11.2. The van der Waals surface area contributed by atoms with E-state index < -0.39 is 5.91 Å². The number of halogens is 1. The van der Waals surface area contributed by atoms with E-state index in [1.54, 1.807) is 24.3 Å². The lowest BCUT2D eigenvalue weighted by Crippen LogP contribution is -2.15. The van der Waals surface area contributed by atoms with Gasteiger partial charge in [0, 0.05) is 16.8 Å². The van der Waals surface area contributed by atoms with E-state index in [1.165, 1.54) is 19.2 Å². The monoisotopic (exact) mass is 301 g/mol. The molecule has 2 aromatic rings. The number of ether oxygens (including phenoxy) is 1. The Balaban J connectivity index is 2.30. The van der Waals surface area contributed by atoms with Crippen LogP contribution in [-0.2, 0) is 0 Å². The largest absolute Gasteiger partial charge is 0.497 e. The van der Waals surface area contributed by atoms with Crippen molar-refractivity contribution in [3.63, 3.8) is 0 Å². The number of nitrogens with one attached hydrogen (secondary N) is 1. The van der Waals surface area contributed by atoms with Gasteiger partial charge in [0.15, 0.2) is 0 Å². The van der Waals surface area contributed by atoms with E-state index in [0.29, 0.717) is 27.6 Å². The minimum Gasteiger partial charge on any atom is -0.497 e. The fraction of sp³-hybridized carbons (Fsp3) is 0.0667. The Morgan fingerprint density at radius 3 is 2.71 bits per heavy atom. The van der Waals surface area contributed by atoms with Gasteiger partial charge in [-0.1, -0.05) is 11.6 Å². The van der Waals surface area contributed by atoms with E-state index in [1.807, 2.05) is 6.07 Å². The first-order chi connectivity index (χ1) is 10.0. The van der Waals surface area contributed by atoms with Crippen molar-refractivity contribution in [3.05, 3.63) is 52.5 Å². The Kier molecular flexibility index (Phi) is 4.31. The second-order valence-corrected chi connectivity index (χ2v) is 4.65. The van der Waals surface area contributed by atoms with Crippen LogP contribution in [0.5, 0.6) is 5.75 Å². The van der Waals surface area contributed by atoms with Gasteiger partial charge in [-0.25, -0.2) is 0 Å². The van der Waals surface area contributed by atoms with Crippen molar-refractivity contribution in [2.45, 2.75) is 0 Å². The van der Waals surface area contributed by atoms with Crippen LogP contribution in [0.15, 0.2) is 36.4 Å². The molecule has 0 spiro atoms. The Labute approximate surface area is 126 Å². The summed E-state index contributed by atoms with van der Waals surface area (Å²) in [4.78, 5) is 12.2. The number of nitrogens with two attached hydrogens (primary N) is 1. The van der Waals surface area contributed by atoms with Crippen molar-refractivity contribution >= 4 is 28.9 Å². The molecule has 0 aliphatic heterocycles. The highest BCUT2D eigenvalue weighted by molar-refractivity contribution is 6.31. The molecule has 0 aliphatic carbocycles. The summed E-state index contributed by atoms with van der Waals surface area (Å²) in [7, 11) is 1.51. The van der Waals surface area contributed by atoms with Crippen molar-refractivity contribution in [2.24, 2.45) is 0 Å². The fourth-order valence-corrected chi connectivity index (χ4v) is 1.95. The lowest BCUT2D eigenvalue weighted by atomic mass is 10.1. The highest BCUT2D eigenvalue weighted by Gasteiger charge is 2.13. The van der Waals surface area contributed by atoms with Crippen molar-refractivity contribution in [2.75, 3.05) is 18.2 Å². The van der Waals surface area contributed by atoms with E-state index in [2.05, 4.69) is 5.32 Å². The van der Waals surface area contributed by atoms with Gasteiger partial charge in [0.1, 0.15) is 11.8 Å². The number of hydrogen-bond donors (Lipinski definition) is 2. The van der Waals surface area contributed by atoms with E-state index in [9.17, 15) is 4.79 Å². The fourth-order valence-electron chi connectivity index (χ4n) is 1.78. The van der Waals surface area contributed by atoms with Gasteiger partial charge < -0.3 is 15.8 Å². The van der Waals surface area contributed by atoms with Gasteiger partial charge in [0.25, 0.3) is 5.91 Å². The standard InChI is InChI=1S/C15H12ClN3O2/c1-21-11-4-5-12(13(18)7-11)15(20)19-14-6-10(16)3-2-9(14)8-17/h2-7H,18H2,1H3,(H,19,20). The molecule has 0 bridgehead atoms. The Hall–Kier alpha value is -2.71. The van der Waals surface area contributed by atoms with Gasteiger partial charge >= 0.3 is 0 Å². The summed E-state index contributed by atoms with van der Waals surface area (Å²) in [5, 5.41) is 12.1. The molecule has 0 unspecified atom stereocenters. The maximum Gasteiger partial charge on any atom is 0.257 e. The number of carbonyl (C=O) groups is 1. The lowest BCUT2D eigenvalue weighted by molar-refractivity contribution is 0.102. The number of amides is 1. The summed E-state index contributed by atoms with van der Waals surface area (Å²) in [6.45, 7) is 0. The van der Waals surface area contributed by atoms with Crippen molar-refractivity contribution < 1.29 is 9.53 Å². The molecule has 2 aromatic carbocycles. The Bertz CT molecular complexity index is 738. The molecule has 6 heteroatoms. The van der Waals surface area contributed by atoms with Crippen LogP contribution in [-0.4, -0.2) is 13.0 Å². The molecular formula is C15H12ClN3O2. The van der Waals surface area contributed by atoms with E-state index in [4.69, 9.17) is 27.3 Å². The number of methoxy groups -OCH3 is 1. The molecule has 1 amide bonds. The van der Waals surface area contributed by atoms with Crippen molar-refractivity contribution in [1.29, 1.82) is 5.26 Å². The summed E-state index contributed by atoms with van der Waals surface area (Å²) in [5.74, 6) is 0.137. The van der Waals surface area contributed by atoms with Gasteiger partial charge in [0.2, 0.25) is 0 Å². The maximum absolute atomic E-state index is 12.2. The molecule has 0 atom stereocenters. The van der Waals surface area contributed by atoms with E-state index in [-0.39, 0.29) is 5.69 Å². The van der Waals surface area contributed by atoms with E-state index in [0.717, 1.165) is 0 Å². The lowest BCUT2D eigenvalue weighted by Gasteiger charge is -2.10. The number of nitriles is 1. The third kappa shape index (κ3) is 3.25. The summed E-state index contributed by atoms with van der Waals surface area (Å²) in [6, 6.07) is 11.4. The topological polar surface area (TPSA) is 88.1 Å². The second kappa shape index (κ2) is 6.16. The molecule has 0 fully saturated rings. The summed E-state index contributed by atoms with van der Waals surface area (Å²) >= 11 is 5.87. The van der Waals surface area contributed by atoms with Crippen molar-refractivity contribution in [3.8, 4) is 11.8 Å². The molecule has 21 heavy (non-hydrogen) atoms. The number of carbonyl (C=O) groups excluding carboxylic acids is 1. The summed E-state index contributed by atoms with van der Waals surface area (Å²) < 4.78 is 5.03. The smallest absolute Gasteiger partial charge is 0.257 e. The Morgan fingerprint density at radius 1 is 1.33 bits per heavy atom. The van der Waals surface area contributed by atoms with Crippen LogP contribution in [0.4, 0.5) is 11.4 Å². The van der Waals surface area contributed by atoms with E-state index >= 15 is 0 Å².